The highest BCUT2D eigenvalue weighted by atomic mass is 16.1. The minimum atomic E-state index is -0.241. The van der Waals surface area contributed by atoms with Gasteiger partial charge in [-0.15, -0.1) is 0 Å². The molecule has 1 aliphatic rings. The highest BCUT2D eigenvalue weighted by molar-refractivity contribution is 6.12. The Hall–Kier alpha value is -3.67. The van der Waals surface area contributed by atoms with Gasteiger partial charge < -0.3 is 16.8 Å². The summed E-state index contributed by atoms with van der Waals surface area (Å²) in [4.78, 5) is 21.3. The van der Waals surface area contributed by atoms with Gasteiger partial charge in [0.25, 0.3) is 5.91 Å². The van der Waals surface area contributed by atoms with Crippen LogP contribution >= 0.6 is 0 Å². The topological polar surface area (TPSA) is 106 Å². The largest absolute Gasteiger partial charge is 0.404 e. The molecule has 0 unspecified atom stereocenters. The van der Waals surface area contributed by atoms with Gasteiger partial charge in [0, 0.05) is 30.5 Å². The Kier molecular flexibility index (Phi) is 5.98. The van der Waals surface area contributed by atoms with E-state index in [4.69, 9.17) is 11.5 Å². The molecule has 1 aromatic heterocycles. The van der Waals surface area contributed by atoms with Crippen LogP contribution in [-0.4, -0.2) is 17.1 Å². The molecule has 0 spiro atoms. The van der Waals surface area contributed by atoms with Crippen molar-refractivity contribution in [3.05, 3.63) is 82.7 Å². The van der Waals surface area contributed by atoms with Crippen molar-refractivity contribution < 1.29 is 4.79 Å². The maximum Gasteiger partial charge on any atom is 0.254 e. The number of nitrogens with one attached hydrogen (secondary N) is 1. The van der Waals surface area contributed by atoms with Crippen LogP contribution < -0.4 is 16.8 Å². The first-order valence-corrected chi connectivity index (χ1v) is 10.5. The lowest BCUT2D eigenvalue weighted by Crippen LogP contribution is -2.26. The first kappa shape index (κ1) is 20.6. The minimum absolute atomic E-state index is 0.241. The molecule has 0 bridgehead atoms. The number of nitrogens with two attached hydrogens (primary N) is 2. The standard InChI is InChI=1S/C25H27N5O/c1-16-20-9-10-29-24(27)22(20)11-21(18-7-8-18)23(16)15-30-25(31)19(12-26)14-28-13-17-5-3-2-4-6-17/h2-6,9-12,14,18H,7-8,13,15,26H2,1H3,(H2,27,29)(H,30,31)/b19-12+,28-14?. The van der Waals surface area contributed by atoms with Crippen LogP contribution in [0.3, 0.4) is 0 Å². The number of amides is 1. The van der Waals surface area contributed by atoms with E-state index < -0.39 is 0 Å². The van der Waals surface area contributed by atoms with Crippen LogP contribution in [0.2, 0.25) is 0 Å². The Bertz CT molecular complexity index is 1160. The zero-order valence-electron chi connectivity index (χ0n) is 17.6. The lowest BCUT2D eigenvalue weighted by Gasteiger charge is -2.17. The van der Waals surface area contributed by atoms with Gasteiger partial charge in [-0.25, -0.2) is 4.98 Å². The number of aryl methyl sites for hydroxylation is 1. The molecule has 158 valence electrons. The molecular weight excluding hydrogens is 386 g/mol. The Labute approximate surface area is 182 Å². The number of pyridine rings is 1. The maximum absolute atomic E-state index is 12.7. The molecule has 31 heavy (non-hydrogen) atoms. The van der Waals surface area contributed by atoms with E-state index in [2.05, 4.69) is 28.3 Å². The summed E-state index contributed by atoms with van der Waals surface area (Å²) in [7, 11) is 0. The van der Waals surface area contributed by atoms with Gasteiger partial charge in [0.2, 0.25) is 0 Å². The van der Waals surface area contributed by atoms with E-state index in [1.165, 1.54) is 18.0 Å². The number of rotatable bonds is 7. The van der Waals surface area contributed by atoms with Gasteiger partial charge in [0.05, 0.1) is 12.1 Å². The quantitative estimate of drug-likeness (QED) is 0.405. The van der Waals surface area contributed by atoms with E-state index >= 15 is 0 Å². The van der Waals surface area contributed by atoms with Crippen LogP contribution in [0.1, 0.15) is 41.0 Å². The molecular formula is C25H27N5O. The molecule has 1 saturated carbocycles. The first-order chi connectivity index (χ1) is 15.1. The van der Waals surface area contributed by atoms with Crippen LogP contribution in [0, 0.1) is 6.92 Å². The van der Waals surface area contributed by atoms with Gasteiger partial charge in [-0.2, -0.15) is 0 Å². The number of carbonyl (C=O) groups excluding carboxylic acids is 1. The average molecular weight is 414 g/mol. The lowest BCUT2D eigenvalue weighted by molar-refractivity contribution is -0.117. The fourth-order valence-electron chi connectivity index (χ4n) is 3.86. The highest BCUT2D eigenvalue weighted by Gasteiger charge is 2.28. The second-order valence-corrected chi connectivity index (χ2v) is 7.90. The number of benzene rings is 2. The summed E-state index contributed by atoms with van der Waals surface area (Å²) in [6, 6.07) is 14.0. The summed E-state index contributed by atoms with van der Waals surface area (Å²) < 4.78 is 0. The second-order valence-electron chi connectivity index (χ2n) is 7.90. The van der Waals surface area contributed by atoms with Crippen molar-refractivity contribution in [2.45, 2.75) is 38.8 Å². The maximum atomic E-state index is 12.7. The predicted molar refractivity (Wildman–Crippen MR) is 126 cm³/mol. The third kappa shape index (κ3) is 4.58. The first-order valence-electron chi connectivity index (χ1n) is 10.5. The van der Waals surface area contributed by atoms with Crippen molar-refractivity contribution in [1.29, 1.82) is 0 Å². The smallest absolute Gasteiger partial charge is 0.254 e. The number of aromatic nitrogens is 1. The third-order valence-corrected chi connectivity index (χ3v) is 5.76. The summed E-state index contributed by atoms with van der Waals surface area (Å²) in [5.41, 5.74) is 16.8. The molecule has 0 saturated heterocycles. The van der Waals surface area contributed by atoms with Gasteiger partial charge in [0.15, 0.2) is 0 Å². The van der Waals surface area contributed by atoms with Crippen molar-refractivity contribution in [1.82, 2.24) is 10.3 Å². The molecule has 1 fully saturated rings. The predicted octanol–water partition coefficient (Wildman–Crippen LogP) is 3.73. The number of hydrogen-bond donors (Lipinski definition) is 3. The molecule has 4 rings (SSSR count). The summed E-state index contributed by atoms with van der Waals surface area (Å²) in [6.07, 6.45) is 6.87. The molecule has 0 radical (unpaired) electrons. The number of carbonyl (C=O) groups is 1. The fourth-order valence-corrected chi connectivity index (χ4v) is 3.86. The average Bonchev–Trinajstić information content (AvgIpc) is 3.62. The normalized spacial score (nSPS) is 14.3. The number of nitrogen functional groups attached to an aromatic ring is 1. The highest BCUT2D eigenvalue weighted by Crippen LogP contribution is 2.44. The molecule has 0 aliphatic heterocycles. The Morgan fingerprint density at radius 2 is 2.00 bits per heavy atom. The monoisotopic (exact) mass is 413 g/mol. The molecule has 5 N–H and O–H groups in total. The van der Waals surface area contributed by atoms with Gasteiger partial charge in [-0.1, -0.05) is 30.3 Å². The van der Waals surface area contributed by atoms with E-state index in [9.17, 15) is 4.79 Å². The molecule has 0 atom stereocenters. The van der Waals surface area contributed by atoms with Gasteiger partial charge in [-0.3, -0.25) is 9.79 Å². The Balaban J connectivity index is 1.51. The molecule has 3 aromatic rings. The number of hydrogen-bond acceptors (Lipinski definition) is 5. The van der Waals surface area contributed by atoms with Crippen molar-refractivity contribution in [2.75, 3.05) is 5.73 Å². The van der Waals surface area contributed by atoms with Gasteiger partial charge >= 0.3 is 0 Å². The van der Waals surface area contributed by atoms with E-state index in [0.29, 0.717) is 30.4 Å². The summed E-state index contributed by atoms with van der Waals surface area (Å²) in [5.74, 6) is 0.822. The molecule has 6 nitrogen and oxygen atoms in total. The SMILES string of the molecule is Cc1c(CNC(=O)/C(C=NCc2ccccc2)=C/N)c(C2CC2)cc2c(N)nccc12. The second kappa shape index (κ2) is 9.00. The fraction of sp³-hybridized carbons (Fsp3) is 0.240. The van der Waals surface area contributed by atoms with Crippen LogP contribution in [-0.2, 0) is 17.9 Å². The molecule has 6 heteroatoms. The van der Waals surface area contributed by atoms with Gasteiger partial charge in [0.1, 0.15) is 5.82 Å². The Morgan fingerprint density at radius 3 is 2.71 bits per heavy atom. The number of fused-ring (bicyclic) bond motifs is 1. The molecule has 1 amide bonds. The van der Waals surface area contributed by atoms with E-state index in [0.717, 1.165) is 40.3 Å². The number of anilines is 1. The van der Waals surface area contributed by atoms with Crippen LogP contribution in [0.4, 0.5) is 5.82 Å². The third-order valence-electron chi connectivity index (χ3n) is 5.76. The van der Waals surface area contributed by atoms with Crippen molar-refractivity contribution >= 4 is 28.7 Å². The number of aliphatic imine (C=N–C) groups is 1. The summed E-state index contributed by atoms with van der Waals surface area (Å²) in [5, 5.41) is 5.07. The lowest BCUT2D eigenvalue weighted by atomic mass is 9.93. The van der Waals surface area contributed by atoms with Crippen LogP contribution in [0.15, 0.2) is 65.4 Å². The van der Waals surface area contributed by atoms with Crippen molar-refractivity contribution in [3.8, 4) is 0 Å². The van der Waals surface area contributed by atoms with Gasteiger partial charge in [-0.05, 0) is 65.5 Å². The molecule has 2 aromatic carbocycles. The Morgan fingerprint density at radius 1 is 1.23 bits per heavy atom. The van der Waals surface area contributed by atoms with Crippen molar-refractivity contribution in [3.63, 3.8) is 0 Å². The zero-order chi connectivity index (χ0) is 21.8. The van der Waals surface area contributed by atoms with Crippen LogP contribution in [0.5, 0.6) is 0 Å². The van der Waals surface area contributed by atoms with E-state index in [1.807, 2.05) is 36.4 Å². The number of nitrogens with zero attached hydrogens (tertiary/aromatic N) is 2. The van der Waals surface area contributed by atoms with E-state index in [-0.39, 0.29) is 5.91 Å². The van der Waals surface area contributed by atoms with E-state index in [1.54, 1.807) is 6.20 Å². The summed E-state index contributed by atoms with van der Waals surface area (Å²) >= 11 is 0. The van der Waals surface area contributed by atoms with Crippen LogP contribution in [0.25, 0.3) is 10.8 Å². The molecule has 1 aliphatic carbocycles. The molecule has 1 heterocycles. The van der Waals surface area contributed by atoms with Crippen molar-refractivity contribution in [2.24, 2.45) is 10.7 Å². The zero-order valence-corrected chi connectivity index (χ0v) is 17.6. The minimum Gasteiger partial charge on any atom is -0.404 e. The summed E-state index contributed by atoms with van der Waals surface area (Å²) in [6.45, 7) is 3.01.